The summed E-state index contributed by atoms with van der Waals surface area (Å²) in [5.41, 5.74) is 2.61. The lowest BCUT2D eigenvalue weighted by molar-refractivity contribution is -0.115. The number of aromatic nitrogens is 3. The number of pyridine rings is 1. The van der Waals surface area contributed by atoms with E-state index in [-0.39, 0.29) is 11.5 Å². The van der Waals surface area contributed by atoms with Gasteiger partial charge in [0.1, 0.15) is 11.4 Å². The van der Waals surface area contributed by atoms with Gasteiger partial charge in [-0.1, -0.05) is 31.2 Å². The van der Waals surface area contributed by atoms with Crippen LogP contribution in [0.4, 0.5) is 17.3 Å². The molecule has 0 unspecified atom stereocenters. The molecule has 1 amide bonds. The van der Waals surface area contributed by atoms with Crippen LogP contribution < -0.4 is 20.9 Å². The number of hydrogen-bond acceptors (Lipinski definition) is 6. The maximum absolute atomic E-state index is 12.7. The van der Waals surface area contributed by atoms with Gasteiger partial charge in [-0.25, -0.2) is 4.98 Å². The number of rotatable bonds is 7. The first-order valence-corrected chi connectivity index (χ1v) is 10.2. The maximum Gasteiger partial charge on any atom is 0.252 e. The van der Waals surface area contributed by atoms with Crippen LogP contribution in [0.1, 0.15) is 18.9 Å². The molecule has 0 aliphatic heterocycles. The van der Waals surface area contributed by atoms with Crippen LogP contribution >= 0.6 is 0 Å². The van der Waals surface area contributed by atoms with Crippen LogP contribution in [0.25, 0.3) is 11.0 Å². The Kier molecular flexibility index (Phi) is 6.12. The first-order valence-electron chi connectivity index (χ1n) is 10.2. The number of amides is 1. The highest BCUT2D eigenvalue weighted by atomic mass is 16.5. The molecule has 8 nitrogen and oxygen atoms in total. The van der Waals surface area contributed by atoms with Crippen molar-refractivity contribution in [3.63, 3.8) is 0 Å². The minimum atomic E-state index is -0.178. The van der Waals surface area contributed by atoms with Crippen molar-refractivity contribution in [2.24, 2.45) is 0 Å². The summed E-state index contributed by atoms with van der Waals surface area (Å²) in [6.45, 7) is 2.10. The van der Waals surface area contributed by atoms with Gasteiger partial charge in [-0.15, -0.1) is 0 Å². The van der Waals surface area contributed by atoms with Gasteiger partial charge >= 0.3 is 0 Å². The van der Waals surface area contributed by atoms with Gasteiger partial charge in [0.2, 0.25) is 11.9 Å². The fourth-order valence-corrected chi connectivity index (χ4v) is 3.33. The van der Waals surface area contributed by atoms with Gasteiger partial charge in [0.25, 0.3) is 5.56 Å². The average molecular weight is 429 g/mol. The molecule has 0 radical (unpaired) electrons. The number of carbonyl (C=O) groups is 1. The van der Waals surface area contributed by atoms with Crippen LogP contribution in [0.15, 0.2) is 71.7 Å². The Hall–Kier alpha value is -4.20. The fraction of sp³-hybridized carbons (Fsp3) is 0.167. The summed E-state index contributed by atoms with van der Waals surface area (Å²) in [6.07, 6.45) is 2.07. The first-order chi connectivity index (χ1) is 15.6. The Morgan fingerprint density at radius 1 is 1.09 bits per heavy atom. The number of para-hydroxylation sites is 2. The van der Waals surface area contributed by atoms with E-state index in [4.69, 9.17) is 4.74 Å². The molecule has 4 rings (SSSR count). The highest BCUT2D eigenvalue weighted by molar-refractivity contribution is 5.90. The van der Waals surface area contributed by atoms with E-state index in [1.54, 1.807) is 30.9 Å². The first kappa shape index (κ1) is 21.0. The van der Waals surface area contributed by atoms with Crippen LogP contribution in [0.2, 0.25) is 0 Å². The molecule has 162 valence electrons. The highest BCUT2D eigenvalue weighted by Gasteiger charge is 2.10. The number of ether oxygens (including phenoxy) is 1. The summed E-state index contributed by atoms with van der Waals surface area (Å²) in [4.78, 5) is 33.4. The van der Waals surface area contributed by atoms with Crippen LogP contribution in [0, 0.1) is 0 Å². The summed E-state index contributed by atoms with van der Waals surface area (Å²) in [7, 11) is 1.59. The Morgan fingerprint density at radius 2 is 1.94 bits per heavy atom. The monoisotopic (exact) mass is 429 g/mol. The minimum Gasteiger partial charge on any atom is -0.495 e. The fourth-order valence-electron chi connectivity index (χ4n) is 3.33. The second kappa shape index (κ2) is 9.30. The number of methoxy groups -OCH3 is 1. The van der Waals surface area contributed by atoms with Gasteiger partial charge in [0, 0.05) is 29.8 Å². The quantitative estimate of drug-likeness (QED) is 0.462. The zero-order valence-electron chi connectivity index (χ0n) is 17.8. The number of nitrogens with zero attached hydrogens (tertiary/aromatic N) is 3. The summed E-state index contributed by atoms with van der Waals surface area (Å²) in [5, 5.41) is 6.74. The van der Waals surface area contributed by atoms with Crippen molar-refractivity contribution in [1.29, 1.82) is 0 Å². The summed E-state index contributed by atoms with van der Waals surface area (Å²) < 4.78 is 6.96. The lowest BCUT2D eigenvalue weighted by atomic mass is 10.2. The van der Waals surface area contributed by atoms with E-state index in [9.17, 15) is 9.59 Å². The van der Waals surface area contributed by atoms with Crippen molar-refractivity contribution < 1.29 is 9.53 Å². The molecule has 0 fully saturated rings. The molecule has 32 heavy (non-hydrogen) atoms. The molecule has 8 heteroatoms. The predicted octanol–water partition coefficient (Wildman–Crippen LogP) is 3.94. The Balaban J connectivity index is 1.69. The van der Waals surface area contributed by atoms with Crippen molar-refractivity contribution in [3.8, 4) is 5.75 Å². The van der Waals surface area contributed by atoms with Gasteiger partial charge in [-0.05, 0) is 35.9 Å². The van der Waals surface area contributed by atoms with E-state index < -0.39 is 0 Å². The van der Waals surface area contributed by atoms with Crippen molar-refractivity contribution in [2.75, 3.05) is 17.7 Å². The van der Waals surface area contributed by atoms with Crippen LogP contribution in [-0.2, 0) is 11.3 Å². The van der Waals surface area contributed by atoms with Gasteiger partial charge in [-0.3, -0.25) is 14.2 Å². The number of nitrogens with one attached hydrogen (secondary N) is 2. The predicted molar refractivity (Wildman–Crippen MR) is 125 cm³/mol. The van der Waals surface area contributed by atoms with Crippen molar-refractivity contribution in [3.05, 3.63) is 82.8 Å². The third kappa shape index (κ3) is 4.59. The zero-order valence-corrected chi connectivity index (χ0v) is 17.8. The molecule has 4 aromatic rings. The Bertz CT molecular complexity index is 1330. The minimum absolute atomic E-state index is 0.0655. The molecule has 2 N–H and O–H groups in total. The average Bonchev–Trinajstić information content (AvgIpc) is 2.81. The van der Waals surface area contributed by atoms with Gasteiger partial charge in [0.15, 0.2) is 0 Å². The molecule has 2 heterocycles. The van der Waals surface area contributed by atoms with E-state index in [2.05, 4.69) is 20.6 Å². The van der Waals surface area contributed by atoms with Crippen LogP contribution in [0.3, 0.4) is 0 Å². The van der Waals surface area contributed by atoms with Gasteiger partial charge < -0.3 is 15.4 Å². The summed E-state index contributed by atoms with van der Waals surface area (Å²) in [5.74, 6) is 0.946. The van der Waals surface area contributed by atoms with Gasteiger partial charge in [0.05, 0.1) is 19.3 Å². The van der Waals surface area contributed by atoms with E-state index in [0.29, 0.717) is 36.0 Å². The molecule has 0 spiro atoms. The highest BCUT2D eigenvalue weighted by Crippen LogP contribution is 2.26. The second-order valence-electron chi connectivity index (χ2n) is 7.16. The third-order valence-electron chi connectivity index (χ3n) is 4.95. The third-order valence-corrected chi connectivity index (χ3v) is 4.95. The molecule has 0 atom stereocenters. The number of fused-ring (bicyclic) bond motifs is 1. The summed E-state index contributed by atoms with van der Waals surface area (Å²) >= 11 is 0. The smallest absolute Gasteiger partial charge is 0.252 e. The van der Waals surface area contributed by atoms with Crippen LogP contribution in [-0.4, -0.2) is 27.6 Å². The number of anilines is 3. The molecular formula is C24H23N5O3. The molecule has 2 aromatic carbocycles. The van der Waals surface area contributed by atoms with Crippen molar-refractivity contribution in [1.82, 2.24) is 14.5 Å². The van der Waals surface area contributed by atoms with E-state index in [1.807, 2.05) is 48.5 Å². The normalized spacial score (nSPS) is 10.7. The van der Waals surface area contributed by atoms with Crippen LogP contribution in [0.5, 0.6) is 5.75 Å². The topological polar surface area (TPSA) is 98.1 Å². The summed E-state index contributed by atoms with van der Waals surface area (Å²) in [6, 6.07) is 18.1. The SMILES string of the molecule is CCC(=O)Nc1cccc(Cn2c(=O)ccc3cnc(Nc4ccccc4OC)nc32)c1. The lowest BCUT2D eigenvalue weighted by Gasteiger charge is -2.13. The number of carbonyl (C=O) groups excluding carboxylic acids is 1. The molecule has 0 saturated heterocycles. The molecule has 0 bridgehead atoms. The largest absolute Gasteiger partial charge is 0.495 e. The van der Waals surface area contributed by atoms with E-state index >= 15 is 0 Å². The van der Waals surface area contributed by atoms with E-state index in [1.165, 1.54) is 6.07 Å². The number of benzene rings is 2. The molecule has 2 aromatic heterocycles. The molecule has 0 saturated carbocycles. The molecule has 0 aliphatic carbocycles. The maximum atomic E-state index is 12.7. The standard InChI is InChI=1S/C24H23N5O3/c1-3-21(30)26-18-8-6-7-16(13-18)15-29-22(31)12-11-17-14-25-24(28-23(17)29)27-19-9-4-5-10-20(19)32-2/h4-14H,3,15H2,1-2H3,(H,26,30)(H,25,27,28). The second-order valence-corrected chi connectivity index (χ2v) is 7.16. The molecule has 0 aliphatic rings. The molecular weight excluding hydrogens is 406 g/mol. The number of hydrogen-bond donors (Lipinski definition) is 2. The Labute approximate surface area is 184 Å². The zero-order chi connectivity index (χ0) is 22.5. The lowest BCUT2D eigenvalue weighted by Crippen LogP contribution is -2.21. The van der Waals surface area contributed by atoms with E-state index in [0.717, 1.165) is 16.6 Å². The van der Waals surface area contributed by atoms with Crippen molar-refractivity contribution >= 4 is 34.3 Å². The Morgan fingerprint density at radius 3 is 2.75 bits per heavy atom. The van der Waals surface area contributed by atoms with Gasteiger partial charge in [-0.2, -0.15) is 4.98 Å². The van der Waals surface area contributed by atoms with Crippen molar-refractivity contribution in [2.45, 2.75) is 19.9 Å².